The van der Waals surface area contributed by atoms with Crippen LogP contribution in [0.4, 0.5) is 0 Å². The minimum absolute atomic E-state index is 0.0359. The number of nitrogens with zero attached hydrogens (tertiary/aromatic N) is 1. The molecule has 11 nitrogen and oxygen atoms in total. The molecule has 2 aliphatic heterocycles. The number of ketones is 3. The van der Waals surface area contributed by atoms with Gasteiger partial charge in [-0.05, 0) is 103 Å². The number of piperidine rings is 1. The van der Waals surface area contributed by atoms with Crippen molar-refractivity contribution in [2.45, 2.75) is 189 Å². The van der Waals surface area contributed by atoms with E-state index in [9.17, 15) is 34.2 Å². The third-order valence-corrected chi connectivity index (χ3v) is 11.1. The first-order chi connectivity index (χ1) is 27.4. The van der Waals surface area contributed by atoms with Crippen LogP contribution < -0.4 is 0 Å². The summed E-state index contributed by atoms with van der Waals surface area (Å²) in [4.78, 5) is 62.3. The molecule has 7 unspecified atom stereocenters. The molecule has 58 heavy (non-hydrogen) atoms. The fourth-order valence-electron chi connectivity index (χ4n) is 6.94. The summed E-state index contributed by atoms with van der Waals surface area (Å²) >= 11 is 0. The van der Waals surface area contributed by atoms with Crippen molar-refractivity contribution in [2.75, 3.05) is 13.2 Å². The van der Waals surface area contributed by atoms with E-state index in [0.29, 0.717) is 50.1 Å². The van der Waals surface area contributed by atoms with Crippen molar-refractivity contribution in [3.63, 3.8) is 0 Å². The number of aliphatic hydroxyl groups excluding tert-OH is 2. The molecular formula is C47H77NO10. The maximum Gasteiger partial charge on any atom is 0.328 e. The first-order valence-electron chi connectivity index (χ1n) is 21.8. The summed E-state index contributed by atoms with van der Waals surface area (Å²) in [7, 11) is 0. The van der Waals surface area contributed by atoms with Gasteiger partial charge in [-0.3, -0.25) is 19.2 Å². The van der Waals surface area contributed by atoms with Gasteiger partial charge in [-0.1, -0.05) is 95.9 Å². The van der Waals surface area contributed by atoms with E-state index in [0.717, 1.165) is 38.5 Å². The SMILES string of the molecule is CC/C(C)=C/C=C/C=C/C(C)CC(C)C(=O)CC(O)/C(C)=C/CC(C)=O.CCCOC(=O)C1CCCCN1C(=O)C(=O)C1(O)OC(C)CCC1C.OC1CCCCC1. The molecule has 0 aromatic heterocycles. The summed E-state index contributed by atoms with van der Waals surface area (Å²) in [6, 6.07) is -0.767. The average molecular weight is 816 g/mol. The Morgan fingerprint density at radius 1 is 0.897 bits per heavy atom. The zero-order valence-corrected chi connectivity index (χ0v) is 37.2. The molecular weight excluding hydrogens is 739 g/mol. The van der Waals surface area contributed by atoms with Crippen LogP contribution in [0, 0.1) is 17.8 Å². The fourth-order valence-corrected chi connectivity index (χ4v) is 6.94. The Morgan fingerprint density at radius 3 is 2.14 bits per heavy atom. The smallest absolute Gasteiger partial charge is 0.328 e. The maximum atomic E-state index is 12.8. The van der Waals surface area contributed by atoms with E-state index < -0.39 is 41.5 Å². The van der Waals surface area contributed by atoms with Gasteiger partial charge in [0.25, 0.3) is 11.7 Å². The summed E-state index contributed by atoms with van der Waals surface area (Å²) in [6.45, 7) is 17.5. The zero-order valence-electron chi connectivity index (χ0n) is 37.2. The normalized spacial score (nSPS) is 24.8. The Balaban J connectivity index is 0.000000495. The third kappa shape index (κ3) is 19.7. The van der Waals surface area contributed by atoms with Gasteiger partial charge in [-0.15, -0.1) is 0 Å². The van der Waals surface area contributed by atoms with Crippen molar-refractivity contribution in [1.29, 1.82) is 0 Å². The Kier molecular flexibility index (Phi) is 25.7. The van der Waals surface area contributed by atoms with Gasteiger partial charge in [-0.25, -0.2) is 4.79 Å². The van der Waals surface area contributed by atoms with Gasteiger partial charge in [0, 0.05) is 31.2 Å². The van der Waals surface area contributed by atoms with Crippen molar-refractivity contribution in [2.24, 2.45) is 17.8 Å². The van der Waals surface area contributed by atoms with Crippen LogP contribution in [0.15, 0.2) is 47.6 Å². The van der Waals surface area contributed by atoms with Crippen LogP contribution in [0.2, 0.25) is 0 Å². The lowest BCUT2D eigenvalue weighted by Gasteiger charge is -2.41. The second kappa shape index (κ2) is 28.3. The Morgan fingerprint density at radius 2 is 1.55 bits per heavy atom. The fraction of sp³-hybridized carbons (Fsp3) is 0.723. The van der Waals surface area contributed by atoms with Crippen molar-refractivity contribution < 1.29 is 48.8 Å². The van der Waals surface area contributed by atoms with E-state index in [4.69, 9.17) is 14.6 Å². The Labute approximate surface area is 349 Å². The maximum absolute atomic E-state index is 12.8. The van der Waals surface area contributed by atoms with Crippen molar-refractivity contribution >= 4 is 29.2 Å². The number of carbonyl (C=O) groups excluding carboxylic acids is 5. The standard InChI is InChI=1S/C23H36O3.C18H29NO6.C6H12O/c1-7-17(2)11-9-8-10-12-18(3)15-20(5)23(26)16-22(25)19(4)13-14-21(6)24;1-4-11-24-17(22)14-7-5-6-10-19(14)16(21)15(20)18(23)12(2)8-9-13(3)25-18;7-6-4-2-1-3-5-6/h8-13,18,20,22,25H,7,14-16H2,1-6H3;12-14,23H,4-11H2,1-3H3;6-7H,1-5H2/b9-8+,12-10+,17-11+,19-13+;;. The van der Waals surface area contributed by atoms with Crippen LogP contribution in [0.1, 0.15) is 159 Å². The molecule has 1 aliphatic carbocycles. The summed E-state index contributed by atoms with van der Waals surface area (Å²) in [6.07, 6.45) is 23.0. The predicted molar refractivity (Wildman–Crippen MR) is 229 cm³/mol. The molecule has 1 saturated carbocycles. The van der Waals surface area contributed by atoms with Gasteiger partial charge >= 0.3 is 5.97 Å². The first kappa shape index (κ1) is 52.8. The number of allylic oxidation sites excluding steroid dienone is 7. The second-order valence-electron chi connectivity index (χ2n) is 16.7. The summed E-state index contributed by atoms with van der Waals surface area (Å²) in [5.74, 6) is -4.63. The molecule has 0 radical (unpaired) electrons. The first-order valence-corrected chi connectivity index (χ1v) is 21.8. The second-order valence-corrected chi connectivity index (χ2v) is 16.7. The Bertz CT molecular complexity index is 1410. The highest BCUT2D eigenvalue weighted by molar-refractivity contribution is 6.39. The quantitative estimate of drug-likeness (QED) is 0.0565. The van der Waals surface area contributed by atoms with Crippen molar-refractivity contribution in [3.8, 4) is 0 Å². The highest BCUT2D eigenvalue weighted by Crippen LogP contribution is 2.34. The van der Waals surface area contributed by atoms with Crippen molar-refractivity contribution in [1.82, 2.24) is 4.90 Å². The van der Waals surface area contributed by atoms with E-state index in [-0.39, 0.29) is 42.7 Å². The van der Waals surface area contributed by atoms with Gasteiger partial charge in [0.15, 0.2) is 0 Å². The largest absolute Gasteiger partial charge is 0.464 e. The number of esters is 1. The highest BCUT2D eigenvalue weighted by atomic mass is 16.6. The minimum atomic E-state index is -2.12. The van der Waals surface area contributed by atoms with Crippen LogP contribution in [0.25, 0.3) is 0 Å². The number of aliphatic hydroxyl groups is 3. The lowest BCUT2D eigenvalue weighted by molar-refractivity contribution is -0.259. The molecule has 1 amide bonds. The van der Waals surface area contributed by atoms with E-state index >= 15 is 0 Å². The van der Waals surface area contributed by atoms with E-state index in [1.807, 2.05) is 32.1 Å². The number of rotatable bonds is 17. The van der Waals surface area contributed by atoms with Gasteiger partial charge in [0.1, 0.15) is 17.6 Å². The average Bonchev–Trinajstić information content (AvgIpc) is 3.20. The third-order valence-electron chi connectivity index (χ3n) is 11.1. The zero-order chi connectivity index (χ0) is 43.8. The molecule has 3 fully saturated rings. The molecule has 0 aromatic carbocycles. The van der Waals surface area contributed by atoms with E-state index in [1.54, 1.807) is 26.8 Å². The minimum Gasteiger partial charge on any atom is -0.464 e. The Hall–Kier alpha value is -3.25. The predicted octanol–water partition coefficient (Wildman–Crippen LogP) is 8.09. The van der Waals surface area contributed by atoms with Gasteiger partial charge in [0.2, 0.25) is 5.79 Å². The van der Waals surface area contributed by atoms with Crippen LogP contribution in [0.3, 0.4) is 0 Å². The molecule has 11 heteroatoms. The molecule has 0 bridgehead atoms. The molecule has 3 aliphatic rings. The van der Waals surface area contributed by atoms with Crippen LogP contribution in [-0.4, -0.2) is 92.7 Å². The number of hydrogen-bond acceptors (Lipinski definition) is 10. The summed E-state index contributed by atoms with van der Waals surface area (Å²) < 4.78 is 10.6. The molecule has 7 atom stereocenters. The van der Waals surface area contributed by atoms with Crippen LogP contribution in [-0.2, 0) is 33.4 Å². The van der Waals surface area contributed by atoms with Crippen molar-refractivity contribution in [3.05, 3.63) is 47.6 Å². The molecule has 2 saturated heterocycles. The van der Waals surface area contributed by atoms with Gasteiger partial charge in [-0.2, -0.15) is 0 Å². The summed E-state index contributed by atoms with van der Waals surface area (Å²) in [5.41, 5.74) is 2.03. The number of likely N-dealkylation sites (tertiary alicyclic amines) is 1. The van der Waals surface area contributed by atoms with E-state index in [1.165, 1.54) is 36.7 Å². The lowest BCUT2D eigenvalue weighted by Crippen LogP contribution is -2.60. The molecule has 330 valence electrons. The van der Waals surface area contributed by atoms with Gasteiger partial charge in [0.05, 0.1) is 24.9 Å². The monoisotopic (exact) mass is 816 g/mol. The number of carbonyl (C=O) groups is 5. The van der Waals surface area contributed by atoms with Crippen LogP contribution in [0.5, 0.6) is 0 Å². The molecule has 3 rings (SSSR count). The number of amides is 1. The molecule has 0 aromatic rings. The molecule has 3 N–H and O–H groups in total. The number of Topliss-reactive ketones (excluding diaryl/α,β-unsaturated/α-hetero) is 3. The number of hydrogen-bond donors (Lipinski definition) is 3. The molecule has 0 spiro atoms. The summed E-state index contributed by atoms with van der Waals surface area (Å²) in [5, 5.41) is 29.7. The topological polar surface area (TPSA) is 168 Å². The lowest BCUT2D eigenvalue weighted by atomic mass is 9.87. The van der Waals surface area contributed by atoms with Gasteiger partial charge < -0.3 is 29.7 Å². The van der Waals surface area contributed by atoms with E-state index in [2.05, 4.69) is 32.9 Å². The number of ether oxygens (including phenoxy) is 2. The highest BCUT2D eigenvalue weighted by Gasteiger charge is 2.52. The van der Waals surface area contributed by atoms with Crippen LogP contribution >= 0.6 is 0 Å². The molecule has 2 heterocycles.